The van der Waals surface area contributed by atoms with E-state index in [1.807, 2.05) is 13.0 Å². The lowest BCUT2D eigenvalue weighted by atomic mass is 10.1. The second-order valence-corrected chi connectivity index (χ2v) is 3.85. The fourth-order valence-corrected chi connectivity index (χ4v) is 1.81. The lowest BCUT2D eigenvalue weighted by Gasteiger charge is -2.05. The van der Waals surface area contributed by atoms with E-state index in [4.69, 9.17) is 0 Å². The molecule has 82 valence electrons. The molecule has 2 nitrogen and oxygen atoms in total. The van der Waals surface area contributed by atoms with Crippen molar-refractivity contribution in [3.8, 4) is 0 Å². The minimum Gasteiger partial charge on any atom is -0.291 e. The second-order valence-electron chi connectivity index (χ2n) is 3.85. The van der Waals surface area contributed by atoms with E-state index in [2.05, 4.69) is 41.2 Å². The number of rotatable bonds is 2. The first kappa shape index (κ1) is 10.8. The molecular formula is C14H16N2. The summed E-state index contributed by atoms with van der Waals surface area (Å²) in [6, 6.07) is 10.5. The van der Waals surface area contributed by atoms with Crippen LogP contribution in [-0.2, 0) is 6.42 Å². The SMILES string of the molecule is CCc1cccc2ccc(C(C)=NC)nc12. The van der Waals surface area contributed by atoms with Crippen LogP contribution in [0.1, 0.15) is 25.1 Å². The molecule has 0 aliphatic heterocycles. The quantitative estimate of drug-likeness (QED) is 0.701. The average Bonchev–Trinajstić information content (AvgIpc) is 2.36. The Bertz CT molecular complexity index is 541. The van der Waals surface area contributed by atoms with Crippen molar-refractivity contribution < 1.29 is 0 Å². The molecule has 1 aromatic carbocycles. The molecule has 2 heteroatoms. The van der Waals surface area contributed by atoms with Gasteiger partial charge in [-0.3, -0.25) is 4.99 Å². The number of aromatic nitrogens is 1. The third-order valence-corrected chi connectivity index (χ3v) is 2.89. The van der Waals surface area contributed by atoms with Crippen molar-refractivity contribution in [2.24, 2.45) is 4.99 Å². The number of hydrogen-bond donors (Lipinski definition) is 0. The van der Waals surface area contributed by atoms with Crippen LogP contribution in [0.15, 0.2) is 35.3 Å². The Hall–Kier alpha value is -1.70. The fourth-order valence-electron chi connectivity index (χ4n) is 1.81. The van der Waals surface area contributed by atoms with Crippen molar-refractivity contribution in [3.05, 3.63) is 41.6 Å². The molecule has 0 amide bonds. The van der Waals surface area contributed by atoms with Crippen LogP contribution in [-0.4, -0.2) is 17.7 Å². The van der Waals surface area contributed by atoms with E-state index in [1.165, 1.54) is 10.9 Å². The van der Waals surface area contributed by atoms with Crippen molar-refractivity contribution >= 4 is 16.6 Å². The summed E-state index contributed by atoms with van der Waals surface area (Å²) in [6.45, 7) is 4.15. The predicted octanol–water partition coefficient (Wildman–Crippen LogP) is 3.24. The number of pyridine rings is 1. The maximum Gasteiger partial charge on any atom is 0.0844 e. The van der Waals surface area contributed by atoms with E-state index < -0.39 is 0 Å². The molecular weight excluding hydrogens is 196 g/mol. The molecule has 2 rings (SSSR count). The van der Waals surface area contributed by atoms with Gasteiger partial charge in [0.05, 0.1) is 16.9 Å². The third kappa shape index (κ3) is 1.83. The van der Waals surface area contributed by atoms with E-state index in [-0.39, 0.29) is 0 Å². The van der Waals surface area contributed by atoms with Gasteiger partial charge in [-0.25, -0.2) is 4.98 Å². The van der Waals surface area contributed by atoms with Gasteiger partial charge in [-0.15, -0.1) is 0 Å². The number of para-hydroxylation sites is 1. The molecule has 0 saturated carbocycles. The average molecular weight is 212 g/mol. The summed E-state index contributed by atoms with van der Waals surface area (Å²) in [5, 5.41) is 1.20. The van der Waals surface area contributed by atoms with Gasteiger partial charge in [0.25, 0.3) is 0 Å². The summed E-state index contributed by atoms with van der Waals surface area (Å²) in [5.41, 5.74) is 4.34. The van der Waals surface area contributed by atoms with E-state index in [1.54, 1.807) is 7.05 Å². The zero-order chi connectivity index (χ0) is 11.5. The molecule has 0 bridgehead atoms. The van der Waals surface area contributed by atoms with Crippen molar-refractivity contribution in [1.82, 2.24) is 4.98 Å². The second kappa shape index (κ2) is 4.44. The first-order chi connectivity index (χ1) is 7.76. The van der Waals surface area contributed by atoms with Crippen LogP contribution in [0.2, 0.25) is 0 Å². The highest BCUT2D eigenvalue weighted by Crippen LogP contribution is 2.18. The Morgan fingerprint density at radius 2 is 2.06 bits per heavy atom. The zero-order valence-corrected chi connectivity index (χ0v) is 9.99. The minimum atomic E-state index is 0.968. The predicted molar refractivity (Wildman–Crippen MR) is 69.3 cm³/mol. The maximum atomic E-state index is 4.69. The molecule has 0 N–H and O–H groups in total. The highest BCUT2D eigenvalue weighted by atomic mass is 14.8. The molecule has 1 aromatic heterocycles. The van der Waals surface area contributed by atoms with Crippen molar-refractivity contribution in [3.63, 3.8) is 0 Å². The standard InChI is InChI=1S/C14H16N2/c1-4-11-6-5-7-12-8-9-13(10(2)15-3)16-14(11)12/h5-9H,4H2,1-3H3. The van der Waals surface area contributed by atoms with E-state index >= 15 is 0 Å². The summed E-state index contributed by atoms with van der Waals surface area (Å²) < 4.78 is 0. The Balaban J connectivity index is 2.68. The molecule has 16 heavy (non-hydrogen) atoms. The van der Waals surface area contributed by atoms with Gasteiger partial charge in [0.1, 0.15) is 0 Å². The van der Waals surface area contributed by atoms with Gasteiger partial charge in [0.15, 0.2) is 0 Å². The normalized spacial score (nSPS) is 12.1. The number of aliphatic imine (C=N–C) groups is 1. The smallest absolute Gasteiger partial charge is 0.0844 e. The third-order valence-electron chi connectivity index (χ3n) is 2.89. The summed E-state index contributed by atoms with van der Waals surface area (Å²) >= 11 is 0. The number of aryl methyl sites for hydroxylation is 1. The van der Waals surface area contributed by atoms with Crippen molar-refractivity contribution in [2.45, 2.75) is 20.3 Å². The first-order valence-corrected chi connectivity index (χ1v) is 5.58. The van der Waals surface area contributed by atoms with E-state index in [0.717, 1.165) is 23.3 Å². The van der Waals surface area contributed by atoms with Crippen LogP contribution in [0.5, 0.6) is 0 Å². The van der Waals surface area contributed by atoms with Crippen LogP contribution in [0.25, 0.3) is 10.9 Å². The molecule has 0 unspecified atom stereocenters. The molecule has 2 aromatic rings. The molecule has 0 spiro atoms. The Labute approximate surface area is 96.1 Å². The van der Waals surface area contributed by atoms with Crippen LogP contribution in [0, 0.1) is 0 Å². The Morgan fingerprint density at radius 3 is 2.75 bits per heavy atom. The lowest BCUT2D eigenvalue weighted by Crippen LogP contribution is -1.99. The Morgan fingerprint density at radius 1 is 1.25 bits per heavy atom. The molecule has 0 aliphatic carbocycles. The van der Waals surface area contributed by atoms with Gasteiger partial charge in [0.2, 0.25) is 0 Å². The van der Waals surface area contributed by atoms with Crippen LogP contribution in [0.4, 0.5) is 0 Å². The van der Waals surface area contributed by atoms with Gasteiger partial charge in [-0.2, -0.15) is 0 Å². The summed E-state index contributed by atoms with van der Waals surface area (Å²) in [4.78, 5) is 8.86. The van der Waals surface area contributed by atoms with Crippen LogP contribution >= 0.6 is 0 Å². The van der Waals surface area contributed by atoms with Crippen molar-refractivity contribution in [1.29, 1.82) is 0 Å². The number of benzene rings is 1. The fraction of sp³-hybridized carbons (Fsp3) is 0.286. The zero-order valence-electron chi connectivity index (χ0n) is 9.99. The molecule has 0 saturated heterocycles. The monoisotopic (exact) mass is 212 g/mol. The number of fused-ring (bicyclic) bond motifs is 1. The van der Waals surface area contributed by atoms with Gasteiger partial charge in [-0.1, -0.05) is 31.2 Å². The molecule has 0 aliphatic rings. The number of hydrogen-bond acceptors (Lipinski definition) is 2. The first-order valence-electron chi connectivity index (χ1n) is 5.58. The largest absolute Gasteiger partial charge is 0.291 e. The van der Waals surface area contributed by atoms with Gasteiger partial charge >= 0.3 is 0 Å². The van der Waals surface area contributed by atoms with Crippen LogP contribution < -0.4 is 0 Å². The minimum absolute atomic E-state index is 0.968. The summed E-state index contributed by atoms with van der Waals surface area (Å²) in [5.74, 6) is 0. The van der Waals surface area contributed by atoms with Gasteiger partial charge in [0, 0.05) is 12.4 Å². The van der Waals surface area contributed by atoms with Crippen LogP contribution in [0.3, 0.4) is 0 Å². The lowest BCUT2D eigenvalue weighted by molar-refractivity contribution is 1.14. The molecule has 0 radical (unpaired) electrons. The summed E-state index contributed by atoms with van der Waals surface area (Å²) in [6.07, 6.45) is 1.01. The van der Waals surface area contributed by atoms with Gasteiger partial charge < -0.3 is 0 Å². The molecule has 0 atom stereocenters. The van der Waals surface area contributed by atoms with Crippen molar-refractivity contribution in [2.75, 3.05) is 7.05 Å². The molecule has 1 heterocycles. The number of nitrogens with zero attached hydrogens (tertiary/aromatic N) is 2. The van der Waals surface area contributed by atoms with Gasteiger partial charge in [-0.05, 0) is 25.0 Å². The van der Waals surface area contributed by atoms with E-state index in [0.29, 0.717) is 0 Å². The van der Waals surface area contributed by atoms with E-state index in [9.17, 15) is 0 Å². The topological polar surface area (TPSA) is 25.2 Å². The maximum absolute atomic E-state index is 4.69. The summed E-state index contributed by atoms with van der Waals surface area (Å²) in [7, 11) is 1.80. The molecule has 0 fully saturated rings. The highest BCUT2D eigenvalue weighted by Gasteiger charge is 2.03. The highest BCUT2D eigenvalue weighted by molar-refractivity contribution is 5.99. The Kier molecular flexibility index (Phi) is 3.00.